The molecular formula is C22H21F3N4OS. The normalized spacial score (nSPS) is 15.1. The van der Waals surface area contributed by atoms with Gasteiger partial charge in [-0.1, -0.05) is 12.1 Å². The molecule has 0 amide bonds. The predicted octanol–water partition coefficient (Wildman–Crippen LogP) is 5.20. The van der Waals surface area contributed by atoms with Crippen LogP contribution in [0, 0.1) is 0 Å². The van der Waals surface area contributed by atoms with Gasteiger partial charge in [-0.05, 0) is 53.7 Å². The van der Waals surface area contributed by atoms with E-state index in [1.165, 1.54) is 12.1 Å². The van der Waals surface area contributed by atoms with Gasteiger partial charge in [-0.15, -0.1) is 0 Å². The van der Waals surface area contributed by atoms with E-state index in [0.717, 1.165) is 44.1 Å². The summed E-state index contributed by atoms with van der Waals surface area (Å²) in [6.07, 6.45) is 5.16. The molecule has 1 aliphatic heterocycles. The smallest absolute Gasteiger partial charge is 0.446 e. The number of halogens is 3. The Kier molecular flexibility index (Phi) is 6.62. The Balaban J connectivity index is 1.32. The fraction of sp³-hybridized carbons (Fsp3) is 0.273. The lowest BCUT2D eigenvalue weighted by Gasteiger charge is -2.35. The van der Waals surface area contributed by atoms with Crippen molar-refractivity contribution in [3.8, 4) is 11.5 Å². The first-order chi connectivity index (χ1) is 14.9. The Labute approximate surface area is 182 Å². The van der Waals surface area contributed by atoms with Gasteiger partial charge in [0.15, 0.2) is 0 Å². The molecule has 0 radical (unpaired) electrons. The van der Waals surface area contributed by atoms with Crippen LogP contribution < -0.4 is 9.64 Å². The standard InChI is InChI=1S/C22H21F3N4OS/c23-22(24,25)31-20-6-4-18(5-7-20)30-19-3-1-2-17(14-19)16-28-10-12-29(13-11-28)21-15-26-8-9-27-21/h1-9,14-15H,10-13,16H2. The molecule has 2 heterocycles. The zero-order valence-electron chi connectivity index (χ0n) is 16.6. The molecule has 5 nitrogen and oxygen atoms in total. The summed E-state index contributed by atoms with van der Waals surface area (Å²) >= 11 is -0.136. The minimum absolute atomic E-state index is 0.134. The average Bonchev–Trinajstić information content (AvgIpc) is 2.76. The second-order valence-electron chi connectivity index (χ2n) is 7.10. The highest BCUT2D eigenvalue weighted by atomic mass is 32.2. The molecule has 0 spiro atoms. The number of thioether (sulfide) groups is 1. The quantitative estimate of drug-likeness (QED) is 0.485. The molecule has 1 aliphatic rings. The molecule has 1 saturated heterocycles. The van der Waals surface area contributed by atoms with Crippen molar-refractivity contribution in [1.82, 2.24) is 14.9 Å². The van der Waals surface area contributed by atoms with Crippen LogP contribution in [0.2, 0.25) is 0 Å². The number of ether oxygens (including phenoxy) is 1. The zero-order chi connectivity index (χ0) is 21.7. The van der Waals surface area contributed by atoms with Crippen molar-refractivity contribution in [3.05, 3.63) is 72.7 Å². The van der Waals surface area contributed by atoms with E-state index in [1.54, 1.807) is 30.7 Å². The fourth-order valence-corrected chi connectivity index (χ4v) is 3.94. The minimum Gasteiger partial charge on any atom is -0.457 e. The van der Waals surface area contributed by atoms with Crippen molar-refractivity contribution < 1.29 is 17.9 Å². The van der Waals surface area contributed by atoms with E-state index in [2.05, 4.69) is 19.8 Å². The fourth-order valence-electron chi connectivity index (χ4n) is 3.40. The molecule has 0 bridgehead atoms. The summed E-state index contributed by atoms with van der Waals surface area (Å²) < 4.78 is 43.2. The topological polar surface area (TPSA) is 41.5 Å². The van der Waals surface area contributed by atoms with Gasteiger partial charge in [-0.2, -0.15) is 13.2 Å². The molecule has 0 aliphatic carbocycles. The van der Waals surface area contributed by atoms with Crippen LogP contribution in [-0.2, 0) is 6.54 Å². The maximum Gasteiger partial charge on any atom is 0.446 e. The van der Waals surface area contributed by atoms with E-state index in [-0.39, 0.29) is 16.7 Å². The van der Waals surface area contributed by atoms with Crippen LogP contribution in [0.15, 0.2) is 72.0 Å². The molecule has 1 aromatic heterocycles. The maximum atomic E-state index is 12.5. The third kappa shape index (κ3) is 6.35. The van der Waals surface area contributed by atoms with E-state index in [4.69, 9.17) is 4.74 Å². The summed E-state index contributed by atoms with van der Waals surface area (Å²) in [5.74, 6) is 2.06. The van der Waals surface area contributed by atoms with Crippen LogP contribution in [0.1, 0.15) is 5.56 Å². The number of aromatic nitrogens is 2. The summed E-state index contributed by atoms with van der Waals surface area (Å²) in [5, 5.41) is 0. The van der Waals surface area contributed by atoms with Crippen molar-refractivity contribution in [2.24, 2.45) is 0 Å². The summed E-state index contributed by atoms with van der Waals surface area (Å²) in [6.45, 7) is 4.40. The van der Waals surface area contributed by atoms with Crippen molar-refractivity contribution in [3.63, 3.8) is 0 Å². The van der Waals surface area contributed by atoms with Crippen LogP contribution >= 0.6 is 11.8 Å². The number of benzene rings is 2. The van der Waals surface area contributed by atoms with Gasteiger partial charge in [-0.3, -0.25) is 9.88 Å². The monoisotopic (exact) mass is 446 g/mol. The maximum absolute atomic E-state index is 12.5. The molecule has 0 N–H and O–H groups in total. The third-order valence-corrected chi connectivity index (χ3v) is 5.58. The van der Waals surface area contributed by atoms with Gasteiger partial charge in [-0.25, -0.2) is 4.98 Å². The number of hydrogen-bond acceptors (Lipinski definition) is 6. The van der Waals surface area contributed by atoms with Gasteiger partial charge in [0, 0.05) is 50.0 Å². The van der Waals surface area contributed by atoms with Crippen molar-refractivity contribution >= 4 is 17.6 Å². The largest absolute Gasteiger partial charge is 0.457 e. The first kappa shape index (κ1) is 21.5. The zero-order valence-corrected chi connectivity index (χ0v) is 17.4. The SMILES string of the molecule is FC(F)(F)Sc1ccc(Oc2cccc(CN3CCN(c4cnccn4)CC3)c2)cc1. The van der Waals surface area contributed by atoms with Crippen molar-refractivity contribution in [1.29, 1.82) is 0 Å². The molecule has 4 rings (SSSR count). The van der Waals surface area contributed by atoms with Crippen molar-refractivity contribution in [2.45, 2.75) is 16.9 Å². The molecule has 31 heavy (non-hydrogen) atoms. The number of anilines is 1. The molecule has 162 valence electrons. The van der Waals surface area contributed by atoms with Crippen LogP contribution in [0.25, 0.3) is 0 Å². The van der Waals surface area contributed by atoms with E-state index >= 15 is 0 Å². The van der Waals surface area contributed by atoms with Gasteiger partial charge >= 0.3 is 5.51 Å². The molecule has 3 aromatic rings. The first-order valence-corrected chi connectivity index (χ1v) is 10.6. The predicted molar refractivity (Wildman–Crippen MR) is 114 cm³/mol. The summed E-state index contributed by atoms with van der Waals surface area (Å²) in [7, 11) is 0. The Morgan fingerprint density at radius 3 is 2.39 bits per heavy atom. The molecular weight excluding hydrogens is 425 g/mol. The number of rotatable bonds is 6. The van der Waals surface area contributed by atoms with Crippen LogP contribution in [0.4, 0.5) is 19.0 Å². The van der Waals surface area contributed by atoms with E-state index in [1.807, 2.05) is 24.3 Å². The lowest BCUT2D eigenvalue weighted by molar-refractivity contribution is -0.0328. The highest BCUT2D eigenvalue weighted by Gasteiger charge is 2.29. The molecule has 0 atom stereocenters. The van der Waals surface area contributed by atoms with Gasteiger partial charge in [0.2, 0.25) is 0 Å². The molecule has 9 heteroatoms. The number of hydrogen-bond donors (Lipinski definition) is 0. The van der Waals surface area contributed by atoms with Gasteiger partial charge in [0.25, 0.3) is 0 Å². The Morgan fingerprint density at radius 2 is 1.71 bits per heavy atom. The van der Waals surface area contributed by atoms with Gasteiger partial charge in [0.05, 0.1) is 6.20 Å². The minimum atomic E-state index is -4.29. The lowest BCUT2D eigenvalue weighted by atomic mass is 10.2. The molecule has 0 saturated carbocycles. The van der Waals surface area contributed by atoms with Gasteiger partial charge < -0.3 is 9.64 Å². The second kappa shape index (κ2) is 9.57. The highest BCUT2D eigenvalue weighted by Crippen LogP contribution is 2.37. The molecule has 1 fully saturated rings. The number of alkyl halides is 3. The Bertz CT molecular complexity index is 978. The second-order valence-corrected chi connectivity index (χ2v) is 8.23. The molecule has 2 aromatic carbocycles. The van der Waals surface area contributed by atoms with Gasteiger partial charge in [0.1, 0.15) is 17.3 Å². The Morgan fingerprint density at radius 1 is 0.935 bits per heavy atom. The lowest BCUT2D eigenvalue weighted by Crippen LogP contribution is -2.46. The van der Waals surface area contributed by atoms with Crippen molar-refractivity contribution in [2.75, 3.05) is 31.1 Å². The average molecular weight is 446 g/mol. The van der Waals surface area contributed by atoms with Crippen LogP contribution in [-0.4, -0.2) is 46.6 Å². The highest BCUT2D eigenvalue weighted by molar-refractivity contribution is 8.00. The number of nitrogens with zero attached hydrogens (tertiary/aromatic N) is 4. The first-order valence-electron chi connectivity index (χ1n) is 9.80. The Hall–Kier alpha value is -2.78. The van der Waals surface area contributed by atoms with Crippen LogP contribution in [0.5, 0.6) is 11.5 Å². The summed E-state index contributed by atoms with van der Waals surface area (Å²) in [5.41, 5.74) is -3.17. The third-order valence-electron chi connectivity index (χ3n) is 4.84. The van der Waals surface area contributed by atoms with E-state index in [9.17, 15) is 13.2 Å². The van der Waals surface area contributed by atoms with E-state index < -0.39 is 5.51 Å². The number of piperazine rings is 1. The summed E-state index contributed by atoms with van der Waals surface area (Å²) in [6, 6.07) is 13.7. The summed E-state index contributed by atoms with van der Waals surface area (Å²) in [4.78, 5) is 13.2. The van der Waals surface area contributed by atoms with Crippen LogP contribution in [0.3, 0.4) is 0 Å². The van der Waals surface area contributed by atoms with E-state index in [0.29, 0.717) is 11.5 Å². The molecule has 0 unspecified atom stereocenters.